The molecule has 0 saturated carbocycles. The lowest BCUT2D eigenvalue weighted by Crippen LogP contribution is -2.54. The lowest BCUT2D eigenvalue weighted by Gasteiger charge is -2.39. The van der Waals surface area contributed by atoms with Crippen LogP contribution in [0.4, 0.5) is 0 Å². The molecule has 1 unspecified atom stereocenters. The number of carbonyl (C=O) groups excluding carboxylic acids is 2. The molecule has 134 valence electrons. The van der Waals surface area contributed by atoms with Crippen molar-refractivity contribution in [3.05, 3.63) is 24.2 Å². The molecule has 2 amide bonds. The smallest absolute Gasteiger partial charge is 0.290 e. The van der Waals surface area contributed by atoms with Crippen LogP contribution in [0.1, 0.15) is 42.7 Å². The van der Waals surface area contributed by atoms with Crippen molar-refractivity contribution in [2.75, 3.05) is 26.2 Å². The van der Waals surface area contributed by atoms with Crippen LogP contribution in [0.15, 0.2) is 22.8 Å². The van der Waals surface area contributed by atoms with E-state index in [-0.39, 0.29) is 30.3 Å². The van der Waals surface area contributed by atoms with Crippen molar-refractivity contribution in [2.45, 2.75) is 38.1 Å². The number of nitrogens with two attached hydrogens (primary N) is 1. The number of likely N-dealkylation sites (tertiary alicyclic amines) is 2. The molecule has 2 N–H and O–H groups in total. The first-order valence-electron chi connectivity index (χ1n) is 8.54. The minimum atomic E-state index is -0.351. The largest absolute Gasteiger partial charge is 0.459 e. The zero-order valence-electron chi connectivity index (χ0n) is 13.9. The van der Waals surface area contributed by atoms with Crippen molar-refractivity contribution in [3.63, 3.8) is 0 Å². The van der Waals surface area contributed by atoms with Crippen molar-refractivity contribution < 1.29 is 14.0 Å². The third-order valence-electron chi connectivity index (χ3n) is 5.04. The number of rotatable bonds is 3. The Hall–Kier alpha value is -1.53. The topological polar surface area (TPSA) is 79.8 Å². The minimum Gasteiger partial charge on any atom is -0.459 e. The maximum absolute atomic E-state index is 12.9. The first kappa shape index (κ1) is 18.8. The summed E-state index contributed by atoms with van der Waals surface area (Å²) in [6, 6.07) is 3.01. The quantitative estimate of drug-likeness (QED) is 0.897. The van der Waals surface area contributed by atoms with E-state index in [1.807, 2.05) is 4.90 Å². The van der Waals surface area contributed by atoms with Crippen LogP contribution in [0.3, 0.4) is 0 Å². The predicted molar refractivity (Wildman–Crippen MR) is 93.0 cm³/mol. The van der Waals surface area contributed by atoms with Gasteiger partial charge in [0.05, 0.1) is 6.26 Å². The van der Waals surface area contributed by atoms with Gasteiger partial charge in [-0.3, -0.25) is 9.59 Å². The van der Waals surface area contributed by atoms with E-state index in [9.17, 15) is 9.59 Å². The van der Waals surface area contributed by atoms with Gasteiger partial charge in [0.2, 0.25) is 5.91 Å². The van der Waals surface area contributed by atoms with E-state index >= 15 is 0 Å². The summed E-state index contributed by atoms with van der Waals surface area (Å²) in [5.41, 5.74) is 5.72. The second kappa shape index (κ2) is 8.53. The Morgan fingerprint density at radius 2 is 1.92 bits per heavy atom. The average molecular weight is 356 g/mol. The number of nitrogens with zero attached hydrogens (tertiary/aromatic N) is 2. The highest BCUT2D eigenvalue weighted by Crippen LogP contribution is 2.24. The lowest BCUT2D eigenvalue weighted by molar-refractivity contribution is -0.138. The fourth-order valence-corrected chi connectivity index (χ4v) is 3.57. The van der Waals surface area contributed by atoms with E-state index in [1.54, 1.807) is 17.0 Å². The number of carbonyl (C=O) groups is 2. The highest BCUT2D eigenvalue weighted by molar-refractivity contribution is 5.95. The number of amides is 2. The summed E-state index contributed by atoms with van der Waals surface area (Å²) in [6.45, 7) is 2.81. The van der Waals surface area contributed by atoms with E-state index in [2.05, 4.69) is 0 Å². The van der Waals surface area contributed by atoms with E-state index in [0.29, 0.717) is 24.8 Å². The zero-order chi connectivity index (χ0) is 16.2. The van der Waals surface area contributed by atoms with Gasteiger partial charge < -0.3 is 20.0 Å². The second-order valence-electron chi connectivity index (χ2n) is 6.49. The third-order valence-corrected chi connectivity index (χ3v) is 5.04. The molecule has 1 atom stereocenters. The van der Waals surface area contributed by atoms with E-state index in [0.717, 1.165) is 45.2 Å². The van der Waals surface area contributed by atoms with Crippen LogP contribution < -0.4 is 5.73 Å². The molecule has 3 heterocycles. The highest BCUT2D eigenvalue weighted by atomic mass is 35.5. The van der Waals surface area contributed by atoms with Gasteiger partial charge in [-0.05, 0) is 56.7 Å². The fraction of sp³-hybridized carbons (Fsp3) is 0.647. The Balaban J connectivity index is 0.00000208. The first-order valence-corrected chi connectivity index (χ1v) is 8.54. The Kier molecular flexibility index (Phi) is 6.69. The van der Waals surface area contributed by atoms with Gasteiger partial charge in [-0.15, -0.1) is 12.4 Å². The van der Waals surface area contributed by atoms with Gasteiger partial charge in [0.15, 0.2) is 5.76 Å². The van der Waals surface area contributed by atoms with Crippen LogP contribution in [0, 0.1) is 5.92 Å². The van der Waals surface area contributed by atoms with Gasteiger partial charge in [-0.25, -0.2) is 0 Å². The molecule has 0 radical (unpaired) electrons. The van der Waals surface area contributed by atoms with Crippen molar-refractivity contribution in [2.24, 2.45) is 11.7 Å². The molecule has 7 heteroatoms. The maximum Gasteiger partial charge on any atom is 0.290 e. The molecule has 6 nitrogen and oxygen atoms in total. The first-order chi connectivity index (χ1) is 11.2. The molecule has 24 heavy (non-hydrogen) atoms. The minimum absolute atomic E-state index is 0. The highest BCUT2D eigenvalue weighted by Gasteiger charge is 2.36. The standard InChI is InChI=1S/C17H25N3O3.ClH/c18-12-13-6-9-19(10-7-13)16(21)14-4-1-2-8-20(14)17(22)15-5-3-11-23-15;/h3,5,11,13-14H,1-2,4,6-10,12,18H2;1H. The number of furan rings is 1. The molecule has 0 bridgehead atoms. The van der Waals surface area contributed by atoms with E-state index in [4.69, 9.17) is 10.2 Å². The Morgan fingerprint density at radius 3 is 2.54 bits per heavy atom. The van der Waals surface area contributed by atoms with Gasteiger partial charge in [0.25, 0.3) is 5.91 Å². The number of piperidine rings is 2. The molecule has 3 rings (SSSR count). The zero-order valence-corrected chi connectivity index (χ0v) is 14.7. The average Bonchev–Trinajstić information content (AvgIpc) is 3.15. The molecular weight excluding hydrogens is 330 g/mol. The summed E-state index contributed by atoms with van der Waals surface area (Å²) >= 11 is 0. The molecule has 1 aromatic heterocycles. The van der Waals surface area contributed by atoms with Crippen molar-refractivity contribution >= 4 is 24.2 Å². The van der Waals surface area contributed by atoms with Crippen LogP contribution in [0.25, 0.3) is 0 Å². The van der Waals surface area contributed by atoms with Crippen molar-refractivity contribution in [1.82, 2.24) is 9.80 Å². The molecule has 0 aliphatic carbocycles. The summed E-state index contributed by atoms with van der Waals surface area (Å²) in [6.07, 6.45) is 6.07. The van der Waals surface area contributed by atoms with Crippen LogP contribution in [-0.2, 0) is 4.79 Å². The monoisotopic (exact) mass is 355 g/mol. The molecule has 0 aromatic carbocycles. The third kappa shape index (κ3) is 3.92. The SMILES string of the molecule is Cl.NCC1CCN(C(=O)C2CCCCN2C(=O)c2ccco2)CC1. The molecule has 2 fully saturated rings. The molecule has 2 aliphatic rings. The number of halogens is 1. The Labute approximate surface area is 148 Å². The molecule has 1 aromatic rings. The van der Waals surface area contributed by atoms with Crippen LogP contribution in [0.5, 0.6) is 0 Å². The van der Waals surface area contributed by atoms with Crippen LogP contribution >= 0.6 is 12.4 Å². The summed E-state index contributed by atoms with van der Waals surface area (Å²) < 4.78 is 5.22. The number of hydrogen-bond donors (Lipinski definition) is 1. The van der Waals surface area contributed by atoms with Gasteiger partial charge in [0, 0.05) is 19.6 Å². The van der Waals surface area contributed by atoms with Crippen LogP contribution in [0.2, 0.25) is 0 Å². The Morgan fingerprint density at radius 1 is 1.17 bits per heavy atom. The molecule has 2 aliphatic heterocycles. The van der Waals surface area contributed by atoms with E-state index < -0.39 is 0 Å². The summed E-state index contributed by atoms with van der Waals surface area (Å²) in [5, 5.41) is 0. The van der Waals surface area contributed by atoms with Crippen LogP contribution in [-0.4, -0.2) is 53.8 Å². The van der Waals surface area contributed by atoms with Crippen molar-refractivity contribution in [3.8, 4) is 0 Å². The normalized spacial score (nSPS) is 22.1. The maximum atomic E-state index is 12.9. The summed E-state index contributed by atoms with van der Waals surface area (Å²) in [7, 11) is 0. The molecular formula is C17H26ClN3O3. The lowest BCUT2D eigenvalue weighted by atomic mass is 9.95. The number of hydrogen-bond acceptors (Lipinski definition) is 4. The molecule has 2 saturated heterocycles. The van der Waals surface area contributed by atoms with Gasteiger partial charge >= 0.3 is 0 Å². The summed E-state index contributed by atoms with van der Waals surface area (Å²) in [5.74, 6) is 0.739. The fourth-order valence-electron chi connectivity index (χ4n) is 3.57. The van der Waals surface area contributed by atoms with Crippen molar-refractivity contribution in [1.29, 1.82) is 0 Å². The predicted octanol–water partition coefficient (Wildman–Crippen LogP) is 1.89. The van der Waals surface area contributed by atoms with Gasteiger partial charge in [-0.1, -0.05) is 0 Å². The van der Waals surface area contributed by atoms with E-state index in [1.165, 1.54) is 6.26 Å². The summed E-state index contributed by atoms with van der Waals surface area (Å²) in [4.78, 5) is 29.1. The Bertz CT molecular complexity index is 541. The van der Waals surface area contributed by atoms with Gasteiger partial charge in [-0.2, -0.15) is 0 Å². The molecule has 0 spiro atoms. The van der Waals surface area contributed by atoms with Gasteiger partial charge in [0.1, 0.15) is 6.04 Å². The second-order valence-corrected chi connectivity index (χ2v) is 6.49.